The van der Waals surface area contributed by atoms with Gasteiger partial charge in [-0.2, -0.15) is 0 Å². The molecule has 0 spiro atoms. The van der Waals surface area contributed by atoms with Gasteiger partial charge in [0, 0.05) is 26.7 Å². The Morgan fingerprint density at radius 1 is 1.29 bits per heavy atom. The molecule has 1 N–H and O–H groups in total. The number of carbonyl (C=O) groups is 2. The van der Waals surface area contributed by atoms with E-state index in [1.54, 1.807) is 16.8 Å². The topological polar surface area (TPSA) is 64.1 Å². The second kappa shape index (κ2) is 6.64. The van der Waals surface area contributed by atoms with E-state index in [1.807, 2.05) is 0 Å². The van der Waals surface area contributed by atoms with Gasteiger partial charge in [0.15, 0.2) is 0 Å². The maximum Gasteiger partial charge on any atom is 0.326 e. The average Bonchev–Trinajstić information content (AvgIpc) is 2.83. The Balaban J connectivity index is 1.95. The summed E-state index contributed by atoms with van der Waals surface area (Å²) in [6, 6.07) is -0.807. The predicted octanol–water partition coefficient (Wildman–Crippen LogP) is 1.17. The van der Waals surface area contributed by atoms with Gasteiger partial charge in [-0.05, 0) is 44.7 Å². The van der Waals surface area contributed by atoms with Gasteiger partial charge in [0.2, 0.25) is 0 Å². The minimum absolute atomic E-state index is 0.135. The first kappa shape index (κ1) is 16.1. The lowest BCUT2D eigenvalue weighted by Crippen LogP contribution is -2.54. The van der Waals surface area contributed by atoms with Gasteiger partial charge in [0.25, 0.3) is 0 Å². The highest BCUT2D eigenvalue weighted by Crippen LogP contribution is 2.24. The van der Waals surface area contributed by atoms with Crippen LogP contribution in [0.15, 0.2) is 0 Å². The van der Waals surface area contributed by atoms with Crippen molar-refractivity contribution in [1.29, 1.82) is 0 Å². The molecule has 0 bridgehead atoms. The molecule has 2 saturated heterocycles. The van der Waals surface area contributed by atoms with Crippen LogP contribution in [0.2, 0.25) is 0 Å². The number of likely N-dealkylation sites (tertiary alicyclic amines) is 2. The number of amides is 2. The minimum atomic E-state index is -0.885. The Kier molecular flexibility index (Phi) is 5.08. The summed E-state index contributed by atoms with van der Waals surface area (Å²) in [5.41, 5.74) is 0. The number of urea groups is 1. The van der Waals surface area contributed by atoms with Crippen LogP contribution in [0.1, 0.15) is 26.2 Å². The second-order valence-corrected chi connectivity index (χ2v) is 6.76. The lowest BCUT2D eigenvalue weighted by Gasteiger charge is -2.38. The maximum absolute atomic E-state index is 12.6. The van der Waals surface area contributed by atoms with Gasteiger partial charge in [-0.3, -0.25) is 0 Å². The molecular formula is C15H27N3O3. The van der Waals surface area contributed by atoms with Gasteiger partial charge in [-0.25, -0.2) is 9.59 Å². The third-order valence-corrected chi connectivity index (χ3v) is 4.74. The normalized spacial score (nSPS) is 30.4. The number of rotatable bonds is 3. The summed E-state index contributed by atoms with van der Waals surface area (Å²) in [4.78, 5) is 29.5. The number of carboxylic acids is 1. The van der Waals surface area contributed by atoms with Crippen molar-refractivity contribution in [3.63, 3.8) is 0 Å². The molecule has 2 heterocycles. The Morgan fingerprint density at radius 3 is 2.57 bits per heavy atom. The fraction of sp³-hybridized carbons (Fsp3) is 0.867. The fourth-order valence-corrected chi connectivity index (χ4v) is 3.46. The van der Waals surface area contributed by atoms with Crippen LogP contribution in [0, 0.1) is 11.8 Å². The Labute approximate surface area is 126 Å². The lowest BCUT2D eigenvalue weighted by atomic mass is 9.92. The molecule has 2 aliphatic heterocycles. The Bertz CT molecular complexity index is 402. The largest absolute Gasteiger partial charge is 0.480 e. The number of hydrogen-bond donors (Lipinski definition) is 1. The van der Waals surface area contributed by atoms with E-state index in [4.69, 9.17) is 0 Å². The summed E-state index contributed by atoms with van der Waals surface area (Å²) in [5.74, 6) is -0.0243. The molecule has 3 unspecified atom stereocenters. The number of hydrogen-bond acceptors (Lipinski definition) is 3. The number of nitrogens with zero attached hydrogens (tertiary/aromatic N) is 3. The molecule has 2 rings (SSSR count). The number of aliphatic carboxylic acids is 1. The molecule has 6 heteroatoms. The minimum Gasteiger partial charge on any atom is -0.480 e. The van der Waals surface area contributed by atoms with Gasteiger partial charge in [0.1, 0.15) is 6.04 Å². The number of piperidine rings is 1. The standard InChI is InChI=1S/C15H27N3O3/c1-11-4-7-18(13(8-11)14(19)20)15(21)17(3)10-12-5-6-16(2)9-12/h11-13H,4-10H2,1-3H3,(H,19,20). The SMILES string of the molecule is CC1CCN(C(=O)N(C)CC2CCN(C)C2)C(C(=O)O)C1. The van der Waals surface area contributed by atoms with Gasteiger partial charge in [-0.15, -0.1) is 0 Å². The van der Waals surface area contributed by atoms with E-state index in [0.29, 0.717) is 31.3 Å². The first-order valence-corrected chi connectivity index (χ1v) is 7.81. The molecule has 120 valence electrons. The van der Waals surface area contributed by atoms with Crippen molar-refractivity contribution in [2.45, 2.75) is 32.2 Å². The second-order valence-electron chi connectivity index (χ2n) is 6.76. The zero-order chi connectivity index (χ0) is 15.6. The van der Waals surface area contributed by atoms with E-state index in [0.717, 1.165) is 25.9 Å². The quantitative estimate of drug-likeness (QED) is 0.849. The number of carbonyl (C=O) groups excluding carboxylic acids is 1. The molecular weight excluding hydrogens is 270 g/mol. The molecule has 2 amide bonds. The molecule has 2 aliphatic rings. The molecule has 21 heavy (non-hydrogen) atoms. The van der Waals surface area contributed by atoms with Crippen molar-refractivity contribution in [3.8, 4) is 0 Å². The Hall–Kier alpha value is -1.30. The van der Waals surface area contributed by atoms with Crippen LogP contribution in [0.25, 0.3) is 0 Å². The van der Waals surface area contributed by atoms with Gasteiger partial charge in [0.05, 0.1) is 0 Å². The molecule has 0 aliphatic carbocycles. The fourth-order valence-electron chi connectivity index (χ4n) is 3.46. The predicted molar refractivity (Wildman–Crippen MR) is 80.2 cm³/mol. The van der Waals surface area contributed by atoms with Crippen molar-refractivity contribution in [2.24, 2.45) is 11.8 Å². The highest BCUT2D eigenvalue weighted by atomic mass is 16.4. The highest BCUT2D eigenvalue weighted by molar-refractivity contribution is 5.82. The summed E-state index contributed by atoms with van der Waals surface area (Å²) >= 11 is 0. The maximum atomic E-state index is 12.6. The average molecular weight is 297 g/mol. The molecule has 2 fully saturated rings. The molecule has 0 aromatic heterocycles. The van der Waals surface area contributed by atoms with Crippen molar-refractivity contribution < 1.29 is 14.7 Å². The third kappa shape index (κ3) is 3.87. The monoisotopic (exact) mass is 297 g/mol. The smallest absolute Gasteiger partial charge is 0.326 e. The molecule has 0 radical (unpaired) electrons. The first-order chi connectivity index (χ1) is 9.88. The molecule has 0 saturated carbocycles. The summed E-state index contributed by atoms with van der Waals surface area (Å²) in [6.07, 6.45) is 2.55. The van der Waals surface area contributed by atoms with Crippen LogP contribution in [0.5, 0.6) is 0 Å². The Morgan fingerprint density at radius 2 is 2.00 bits per heavy atom. The molecule has 0 aromatic rings. The van der Waals surface area contributed by atoms with E-state index in [1.165, 1.54) is 0 Å². The summed E-state index contributed by atoms with van der Waals surface area (Å²) in [6.45, 7) is 5.39. The van der Waals surface area contributed by atoms with Crippen LogP contribution in [-0.2, 0) is 4.79 Å². The van der Waals surface area contributed by atoms with Gasteiger partial charge in [-0.1, -0.05) is 6.92 Å². The van der Waals surface area contributed by atoms with Crippen molar-refractivity contribution in [3.05, 3.63) is 0 Å². The first-order valence-electron chi connectivity index (χ1n) is 7.81. The zero-order valence-corrected chi connectivity index (χ0v) is 13.3. The molecule has 3 atom stereocenters. The summed E-state index contributed by atoms with van der Waals surface area (Å²) in [7, 11) is 3.88. The van der Waals surface area contributed by atoms with Crippen LogP contribution in [0.3, 0.4) is 0 Å². The highest BCUT2D eigenvalue weighted by Gasteiger charge is 2.36. The van der Waals surface area contributed by atoms with Crippen LogP contribution >= 0.6 is 0 Å². The molecule has 0 aromatic carbocycles. The van der Waals surface area contributed by atoms with Gasteiger partial charge < -0.3 is 19.8 Å². The third-order valence-electron chi connectivity index (χ3n) is 4.74. The summed E-state index contributed by atoms with van der Waals surface area (Å²) in [5, 5.41) is 9.36. The van der Waals surface area contributed by atoms with E-state index in [-0.39, 0.29) is 6.03 Å². The van der Waals surface area contributed by atoms with E-state index < -0.39 is 12.0 Å². The number of carboxylic acid groups (broad SMARTS) is 1. The lowest BCUT2D eigenvalue weighted by molar-refractivity contribution is -0.144. The van der Waals surface area contributed by atoms with E-state index in [2.05, 4.69) is 18.9 Å². The van der Waals surface area contributed by atoms with Crippen LogP contribution < -0.4 is 0 Å². The van der Waals surface area contributed by atoms with Crippen molar-refractivity contribution in [2.75, 3.05) is 40.3 Å². The molecule has 6 nitrogen and oxygen atoms in total. The van der Waals surface area contributed by atoms with Crippen molar-refractivity contribution in [1.82, 2.24) is 14.7 Å². The zero-order valence-electron chi connectivity index (χ0n) is 13.3. The van der Waals surface area contributed by atoms with Crippen LogP contribution in [-0.4, -0.2) is 78.1 Å². The van der Waals surface area contributed by atoms with E-state index >= 15 is 0 Å². The van der Waals surface area contributed by atoms with Crippen LogP contribution in [0.4, 0.5) is 4.79 Å². The van der Waals surface area contributed by atoms with Crippen molar-refractivity contribution >= 4 is 12.0 Å². The van der Waals surface area contributed by atoms with Gasteiger partial charge >= 0.3 is 12.0 Å². The summed E-state index contributed by atoms with van der Waals surface area (Å²) < 4.78 is 0. The van der Waals surface area contributed by atoms with E-state index in [9.17, 15) is 14.7 Å².